The summed E-state index contributed by atoms with van der Waals surface area (Å²) in [5, 5.41) is 2.69. The van der Waals surface area contributed by atoms with Crippen LogP contribution in [0.4, 0.5) is 4.39 Å². The molecule has 6 nitrogen and oxygen atoms in total. The zero-order valence-electron chi connectivity index (χ0n) is 15.3. The normalized spacial score (nSPS) is 11.4. The Morgan fingerprint density at radius 3 is 2.41 bits per heavy atom. The molecule has 1 amide bonds. The largest absolute Gasteiger partial charge is 0.497 e. The minimum Gasteiger partial charge on any atom is -0.497 e. The Labute approximate surface area is 159 Å². The molecule has 0 bridgehead atoms. The first-order valence-electron chi connectivity index (χ1n) is 8.38. The lowest BCUT2D eigenvalue weighted by Gasteiger charge is -2.20. The molecule has 1 N–H and O–H groups in total. The molecule has 0 radical (unpaired) electrons. The molecular formula is C19H23FN2O4S. The van der Waals surface area contributed by atoms with Gasteiger partial charge in [-0.25, -0.2) is 12.8 Å². The van der Waals surface area contributed by atoms with Gasteiger partial charge in [0, 0.05) is 25.2 Å². The second-order valence-corrected chi connectivity index (χ2v) is 8.05. The maximum Gasteiger partial charge on any atom is 0.224 e. The summed E-state index contributed by atoms with van der Waals surface area (Å²) in [5.74, 6) is 0.0188. The zero-order valence-corrected chi connectivity index (χ0v) is 16.1. The number of nitrogens with zero attached hydrogens (tertiary/aromatic N) is 1. The highest BCUT2D eigenvalue weighted by Crippen LogP contribution is 2.13. The van der Waals surface area contributed by atoms with Crippen molar-refractivity contribution in [1.29, 1.82) is 0 Å². The van der Waals surface area contributed by atoms with Gasteiger partial charge in [0.25, 0.3) is 0 Å². The monoisotopic (exact) mass is 394 g/mol. The van der Waals surface area contributed by atoms with E-state index < -0.39 is 15.8 Å². The van der Waals surface area contributed by atoms with Gasteiger partial charge in [-0.15, -0.1) is 0 Å². The first-order valence-corrected chi connectivity index (χ1v) is 10.2. The van der Waals surface area contributed by atoms with Crippen LogP contribution in [0.25, 0.3) is 0 Å². The number of amides is 1. The number of ether oxygens (including phenoxy) is 1. The van der Waals surface area contributed by atoms with E-state index in [4.69, 9.17) is 4.74 Å². The Morgan fingerprint density at radius 2 is 1.81 bits per heavy atom. The van der Waals surface area contributed by atoms with Gasteiger partial charge < -0.3 is 10.1 Å². The second-order valence-electron chi connectivity index (χ2n) is 6.06. The lowest BCUT2D eigenvalue weighted by atomic mass is 10.1. The molecular weight excluding hydrogens is 371 g/mol. The number of rotatable bonds is 9. The third-order valence-corrected chi connectivity index (χ3v) is 5.23. The number of carbonyl (C=O) groups is 1. The quantitative estimate of drug-likeness (QED) is 0.705. The first-order chi connectivity index (χ1) is 12.8. The Bertz CT molecular complexity index is 870. The van der Waals surface area contributed by atoms with E-state index in [1.54, 1.807) is 43.5 Å². The maximum absolute atomic E-state index is 13.8. The molecule has 0 aliphatic carbocycles. The van der Waals surface area contributed by atoms with Gasteiger partial charge in [0.05, 0.1) is 19.8 Å². The molecule has 0 fully saturated rings. The fraction of sp³-hybridized carbons (Fsp3) is 0.316. The van der Waals surface area contributed by atoms with Crippen LogP contribution >= 0.6 is 0 Å². The number of nitrogens with one attached hydrogen (secondary N) is 1. The van der Waals surface area contributed by atoms with E-state index in [9.17, 15) is 17.6 Å². The molecule has 0 saturated heterocycles. The number of sulfonamides is 1. The average Bonchev–Trinajstić information content (AvgIpc) is 2.62. The highest BCUT2D eigenvalue weighted by Gasteiger charge is 2.18. The lowest BCUT2D eigenvalue weighted by Crippen LogP contribution is -2.38. The van der Waals surface area contributed by atoms with Crippen LogP contribution in [0.15, 0.2) is 48.5 Å². The minimum absolute atomic E-state index is 0.0571. The van der Waals surface area contributed by atoms with Crippen molar-refractivity contribution >= 4 is 15.9 Å². The van der Waals surface area contributed by atoms with Crippen LogP contribution in [-0.4, -0.2) is 45.1 Å². The van der Waals surface area contributed by atoms with Crippen molar-refractivity contribution in [3.05, 3.63) is 65.5 Å². The highest BCUT2D eigenvalue weighted by atomic mass is 32.2. The summed E-state index contributed by atoms with van der Waals surface area (Å²) in [6.45, 7) is 0.109. The molecule has 0 heterocycles. The number of halogens is 1. The van der Waals surface area contributed by atoms with Crippen molar-refractivity contribution in [3.8, 4) is 5.75 Å². The summed E-state index contributed by atoms with van der Waals surface area (Å²) in [5.41, 5.74) is 1.10. The van der Waals surface area contributed by atoms with Crippen LogP contribution < -0.4 is 10.1 Å². The molecule has 0 saturated carbocycles. The average molecular weight is 394 g/mol. The number of hydrogen-bond donors (Lipinski definition) is 1. The topological polar surface area (TPSA) is 75.7 Å². The van der Waals surface area contributed by atoms with Gasteiger partial charge >= 0.3 is 0 Å². The number of hydrogen-bond acceptors (Lipinski definition) is 4. The Balaban J connectivity index is 1.89. The van der Waals surface area contributed by atoms with Crippen molar-refractivity contribution in [2.24, 2.45) is 0 Å². The van der Waals surface area contributed by atoms with E-state index in [0.29, 0.717) is 5.75 Å². The molecule has 0 atom stereocenters. The number of benzene rings is 2. The number of carbonyl (C=O) groups excluding carboxylic acids is 1. The highest BCUT2D eigenvalue weighted by molar-refractivity contribution is 7.88. The van der Waals surface area contributed by atoms with Crippen molar-refractivity contribution in [3.63, 3.8) is 0 Å². The van der Waals surface area contributed by atoms with Gasteiger partial charge in [0.2, 0.25) is 15.9 Å². The standard InChI is InChI=1S/C19H23FN2O4S/c1-26-17-9-7-15(8-10-17)13-19(23)21-11-12-22(27(2,24)25)14-16-5-3-4-6-18(16)20/h3-10H,11-14H2,1-2H3,(H,21,23). The smallest absolute Gasteiger partial charge is 0.224 e. The third kappa shape index (κ3) is 6.65. The molecule has 2 rings (SSSR count). The van der Waals surface area contributed by atoms with Crippen molar-refractivity contribution in [2.45, 2.75) is 13.0 Å². The minimum atomic E-state index is -3.54. The van der Waals surface area contributed by atoms with E-state index >= 15 is 0 Å². The van der Waals surface area contributed by atoms with Crippen LogP contribution in [0.3, 0.4) is 0 Å². The fourth-order valence-corrected chi connectivity index (χ4v) is 3.29. The van der Waals surface area contributed by atoms with Gasteiger partial charge in [-0.3, -0.25) is 4.79 Å². The predicted molar refractivity (Wildman–Crippen MR) is 101 cm³/mol. The van der Waals surface area contributed by atoms with Gasteiger partial charge in [0.15, 0.2) is 0 Å². The SMILES string of the molecule is COc1ccc(CC(=O)NCCN(Cc2ccccc2F)S(C)(=O)=O)cc1. The van der Waals surface area contributed by atoms with Gasteiger partial charge in [-0.2, -0.15) is 4.31 Å². The van der Waals surface area contributed by atoms with Crippen LogP contribution in [0.1, 0.15) is 11.1 Å². The van der Waals surface area contributed by atoms with Crippen molar-refractivity contribution in [2.75, 3.05) is 26.5 Å². The Kier molecular flexibility index (Phi) is 7.32. The van der Waals surface area contributed by atoms with Gasteiger partial charge in [0.1, 0.15) is 11.6 Å². The summed E-state index contributed by atoms with van der Waals surface area (Å²) in [6, 6.07) is 13.1. The molecule has 0 unspecified atom stereocenters. The van der Waals surface area contributed by atoms with E-state index in [1.165, 1.54) is 12.1 Å². The molecule has 8 heteroatoms. The van der Waals surface area contributed by atoms with E-state index in [0.717, 1.165) is 16.1 Å². The van der Waals surface area contributed by atoms with E-state index in [2.05, 4.69) is 5.32 Å². The Morgan fingerprint density at radius 1 is 1.15 bits per heavy atom. The second kappa shape index (κ2) is 9.48. The maximum atomic E-state index is 13.8. The van der Waals surface area contributed by atoms with Crippen LogP contribution in [0.5, 0.6) is 5.75 Å². The summed E-state index contributed by atoms with van der Waals surface area (Å²) in [6.07, 6.45) is 1.24. The lowest BCUT2D eigenvalue weighted by molar-refractivity contribution is -0.120. The zero-order chi connectivity index (χ0) is 19.9. The summed E-state index contributed by atoms with van der Waals surface area (Å²) < 4.78 is 43.9. The third-order valence-electron chi connectivity index (χ3n) is 3.98. The van der Waals surface area contributed by atoms with Crippen LogP contribution in [0.2, 0.25) is 0 Å². The van der Waals surface area contributed by atoms with Crippen molar-refractivity contribution in [1.82, 2.24) is 9.62 Å². The van der Waals surface area contributed by atoms with Gasteiger partial charge in [-0.05, 0) is 23.8 Å². The molecule has 2 aromatic rings. The molecule has 0 spiro atoms. The summed E-state index contributed by atoms with van der Waals surface area (Å²) in [7, 11) is -1.98. The van der Waals surface area contributed by atoms with Crippen LogP contribution in [0, 0.1) is 5.82 Å². The molecule has 27 heavy (non-hydrogen) atoms. The summed E-state index contributed by atoms with van der Waals surface area (Å²) in [4.78, 5) is 12.0. The molecule has 0 aliphatic heterocycles. The fourth-order valence-electron chi connectivity index (χ4n) is 2.49. The van der Waals surface area contributed by atoms with E-state index in [-0.39, 0.29) is 37.5 Å². The van der Waals surface area contributed by atoms with Crippen molar-refractivity contribution < 1.29 is 22.3 Å². The van der Waals surface area contributed by atoms with E-state index in [1.807, 2.05) is 0 Å². The molecule has 146 valence electrons. The number of methoxy groups -OCH3 is 1. The molecule has 0 aliphatic rings. The Hall–Kier alpha value is -2.45. The summed E-state index contributed by atoms with van der Waals surface area (Å²) >= 11 is 0. The first kappa shape index (κ1) is 20.9. The molecule has 0 aromatic heterocycles. The molecule has 2 aromatic carbocycles. The van der Waals surface area contributed by atoms with Crippen LogP contribution in [-0.2, 0) is 27.8 Å². The predicted octanol–water partition coefficient (Wildman–Crippen LogP) is 1.95. The van der Waals surface area contributed by atoms with Gasteiger partial charge in [-0.1, -0.05) is 30.3 Å².